The summed E-state index contributed by atoms with van der Waals surface area (Å²) in [6, 6.07) is 1.95. The highest BCUT2D eigenvalue weighted by Crippen LogP contribution is 2.13. The van der Waals surface area contributed by atoms with Crippen molar-refractivity contribution in [2.45, 2.75) is 25.9 Å². The lowest BCUT2D eigenvalue weighted by atomic mass is 10.4. The summed E-state index contributed by atoms with van der Waals surface area (Å²) in [6.07, 6.45) is 0. The molecule has 0 aromatic carbocycles. The van der Waals surface area contributed by atoms with Crippen molar-refractivity contribution in [3.8, 4) is 0 Å². The smallest absolute Gasteiger partial charge is 0.188 e. The second kappa shape index (κ2) is 6.23. The number of nitrogens with zero attached hydrogens (tertiary/aromatic N) is 2. The molecule has 5 heteroatoms. The summed E-state index contributed by atoms with van der Waals surface area (Å²) >= 11 is 1.58. The van der Waals surface area contributed by atoms with Crippen molar-refractivity contribution >= 4 is 22.6 Å². The lowest BCUT2D eigenvalue weighted by molar-refractivity contribution is 0.685. The molecule has 0 fully saturated rings. The zero-order valence-electron chi connectivity index (χ0n) is 9.32. The molecule has 15 heavy (non-hydrogen) atoms. The van der Waals surface area contributed by atoms with Gasteiger partial charge in [-0.1, -0.05) is 18.7 Å². The van der Waals surface area contributed by atoms with Gasteiger partial charge in [-0.05, 0) is 19.9 Å². The minimum absolute atomic E-state index is 0.688. The van der Waals surface area contributed by atoms with Crippen LogP contribution in [-0.2, 0) is 10.8 Å². The van der Waals surface area contributed by atoms with Crippen molar-refractivity contribution in [1.82, 2.24) is 9.97 Å². The second-order valence-electron chi connectivity index (χ2n) is 3.21. The molecule has 0 aliphatic rings. The third-order valence-corrected chi connectivity index (χ3v) is 4.24. The Hall–Kier alpha value is -0.420. The number of aromatic nitrogens is 2. The van der Waals surface area contributed by atoms with Gasteiger partial charge in [0.05, 0.1) is 0 Å². The summed E-state index contributed by atoms with van der Waals surface area (Å²) in [5, 5.41) is 0.792. The van der Waals surface area contributed by atoms with Gasteiger partial charge in [-0.2, -0.15) is 0 Å². The molecule has 0 bridgehead atoms. The Labute approximate surface area is 97.6 Å². The molecule has 1 unspecified atom stereocenters. The average molecular weight is 244 g/mol. The monoisotopic (exact) mass is 244 g/mol. The van der Waals surface area contributed by atoms with E-state index in [9.17, 15) is 4.21 Å². The first-order chi connectivity index (χ1) is 7.11. The van der Waals surface area contributed by atoms with Crippen LogP contribution in [0, 0.1) is 13.8 Å². The molecule has 0 amide bonds. The fourth-order valence-electron chi connectivity index (χ4n) is 1.13. The van der Waals surface area contributed by atoms with Crippen molar-refractivity contribution in [1.29, 1.82) is 0 Å². The van der Waals surface area contributed by atoms with Gasteiger partial charge >= 0.3 is 0 Å². The molecular formula is C10H16N2OS2. The SMILES string of the molecule is CCS(=O)CCSc1nc(C)cc(C)n1. The molecular weight excluding hydrogens is 228 g/mol. The van der Waals surface area contributed by atoms with Gasteiger partial charge in [-0.15, -0.1) is 0 Å². The van der Waals surface area contributed by atoms with Gasteiger partial charge in [0, 0.05) is 39.4 Å². The maximum Gasteiger partial charge on any atom is 0.188 e. The zero-order chi connectivity index (χ0) is 11.3. The first kappa shape index (κ1) is 12.6. The van der Waals surface area contributed by atoms with E-state index in [4.69, 9.17) is 0 Å². The highest BCUT2D eigenvalue weighted by atomic mass is 32.2. The van der Waals surface area contributed by atoms with Gasteiger partial charge in [-0.3, -0.25) is 4.21 Å². The minimum Gasteiger partial charge on any atom is -0.260 e. The largest absolute Gasteiger partial charge is 0.260 e. The number of thioether (sulfide) groups is 1. The third kappa shape index (κ3) is 4.75. The van der Waals surface area contributed by atoms with Crippen LogP contribution in [0.25, 0.3) is 0 Å². The maximum absolute atomic E-state index is 11.2. The predicted molar refractivity (Wildman–Crippen MR) is 65.8 cm³/mol. The van der Waals surface area contributed by atoms with E-state index in [-0.39, 0.29) is 0 Å². The van der Waals surface area contributed by atoms with E-state index in [0.717, 1.165) is 33.8 Å². The van der Waals surface area contributed by atoms with Crippen LogP contribution in [0.5, 0.6) is 0 Å². The molecule has 0 aliphatic heterocycles. The van der Waals surface area contributed by atoms with Crippen LogP contribution in [0.3, 0.4) is 0 Å². The van der Waals surface area contributed by atoms with Crippen LogP contribution in [0.4, 0.5) is 0 Å². The van der Waals surface area contributed by atoms with E-state index >= 15 is 0 Å². The van der Waals surface area contributed by atoms with Crippen LogP contribution >= 0.6 is 11.8 Å². The minimum atomic E-state index is -0.688. The molecule has 1 rings (SSSR count). The zero-order valence-corrected chi connectivity index (χ0v) is 11.0. The maximum atomic E-state index is 11.2. The Morgan fingerprint density at radius 3 is 2.47 bits per heavy atom. The average Bonchev–Trinajstić information content (AvgIpc) is 2.16. The van der Waals surface area contributed by atoms with E-state index in [0.29, 0.717) is 0 Å². The first-order valence-electron chi connectivity index (χ1n) is 4.92. The Morgan fingerprint density at radius 2 is 1.93 bits per heavy atom. The van der Waals surface area contributed by atoms with E-state index in [1.807, 2.05) is 26.8 Å². The second-order valence-corrected chi connectivity index (χ2v) is 6.14. The van der Waals surface area contributed by atoms with Crippen LogP contribution in [-0.4, -0.2) is 31.4 Å². The molecule has 0 radical (unpaired) electrons. The normalized spacial score (nSPS) is 12.7. The Kier molecular flexibility index (Phi) is 5.25. The summed E-state index contributed by atoms with van der Waals surface area (Å²) < 4.78 is 11.2. The van der Waals surface area contributed by atoms with Gasteiger partial charge in [0.15, 0.2) is 5.16 Å². The summed E-state index contributed by atoms with van der Waals surface area (Å²) in [5.41, 5.74) is 1.98. The van der Waals surface area contributed by atoms with Crippen LogP contribution in [0.15, 0.2) is 11.2 Å². The molecule has 1 aromatic rings. The summed E-state index contributed by atoms with van der Waals surface area (Å²) in [7, 11) is -0.688. The van der Waals surface area contributed by atoms with Crippen LogP contribution in [0.1, 0.15) is 18.3 Å². The summed E-state index contributed by atoms with van der Waals surface area (Å²) in [5.74, 6) is 2.27. The summed E-state index contributed by atoms with van der Waals surface area (Å²) in [6.45, 7) is 5.86. The Morgan fingerprint density at radius 1 is 1.33 bits per heavy atom. The van der Waals surface area contributed by atoms with E-state index in [2.05, 4.69) is 9.97 Å². The van der Waals surface area contributed by atoms with Gasteiger partial charge < -0.3 is 0 Å². The van der Waals surface area contributed by atoms with Crippen molar-refractivity contribution in [2.75, 3.05) is 17.3 Å². The first-order valence-corrected chi connectivity index (χ1v) is 7.39. The van der Waals surface area contributed by atoms with Crippen molar-refractivity contribution in [3.63, 3.8) is 0 Å². The van der Waals surface area contributed by atoms with Crippen LogP contribution < -0.4 is 0 Å². The fraction of sp³-hybridized carbons (Fsp3) is 0.600. The van der Waals surface area contributed by atoms with E-state index < -0.39 is 10.8 Å². The number of hydrogen-bond donors (Lipinski definition) is 0. The molecule has 0 aliphatic carbocycles. The van der Waals surface area contributed by atoms with Crippen molar-refractivity contribution < 1.29 is 4.21 Å². The van der Waals surface area contributed by atoms with Gasteiger partial charge in [0.1, 0.15) is 0 Å². The van der Waals surface area contributed by atoms with Gasteiger partial charge in [0.25, 0.3) is 0 Å². The highest BCUT2D eigenvalue weighted by molar-refractivity contribution is 8.00. The standard InChI is InChI=1S/C10H16N2OS2/c1-4-15(13)6-5-14-10-11-8(2)7-9(3)12-10/h7H,4-6H2,1-3H3. The molecule has 0 N–H and O–H groups in total. The molecule has 84 valence electrons. The van der Waals surface area contributed by atoms with Crippen LogP contribution in [0.2, 0.25) is 0 Å². The molecule has 1 heterocycles. The van der Waals surface area contributed by atoms with Gasteiger partial charge in [0.2, 0.25) is 0 Å². The lowest BCUT2D eigenvalue weighted by Crippen LogP contribution is -2.03. The van der Waals surface area contributed by atoms with Gasteiger partial charge in [-0.25, -0.2) is 9.97 Å². The molecule has 1 atom stereocenters. The molecule has 1 aromatic heterocycles. The number of rotatable bonds is 5. The van der Waals surface area contributed by atoms with E-state index in [1.54, 1.807) is 11.8 Å². The van der Waals surface area contributed by atoms with E-state index in [1.165, 1.54) is 0 Å². The highest BCUT2D eigenvalue weighted by Gasteiger charge is 2.02. The number of hydrogen-bond acceptors (Lipinski definition) is 4. The molecule has 3 nitrogen and oxygen atoms in total. The fourth-order valence-corrected chi connectivity index (χ4v) is 3.09. The van der Waals surface area contributed by atoms with Crippen molar-refractivity contribution in [3.05, 3.63) is 17.5 Å². The Balaban J connectivity index is 2.47. The molecule has 0 saturated heterocycles. The molecule has 0 saturated carbocycles. The topological polar surface area (TPSA) is 42.9 Å². The summed E-state index contributed by atoms with van der Waals surface area (Å²) in [4.78, 5) is 8.62. The van der Waals surface area contributed by atoms with Crippen molar-refractivity contribution in [2.24, 2.45) is 0 Å². The quantitative estimate of drug-likeness (QED) is 0.586. The number of aryl methyl sites for hydroxylation is 2. The third-order valence-electron chi connectivity index (χ3n) is 1.83. The Bertz CT molecular complexity index is 335. The lowest BCUT2D eigenvalue weighted by Gasteiger charge is -2.02. The molecule has 0 spiro atoms. The predicted octanol–water partition coefficient (Wildman–Crippen LogP) is 1.95.